The molecule has 2 aromatic heterocycles. The highest BCUT2D eigenvalue weighted by atomic mass is 79.9. The first kappa shape index (κ1) is 12.1. The lowest BCUT2D eigenvalue weighted by Gasteiger charge is -2.06. The molecular weight excluding hydrogens is 304 g/mol. The quantitative estimate of drug-likeness (QED) is 0.691. The van der Waals surface area contributed by atoms with Crippen LogP contribution in [0.5, 0.6) is 0 Å². The Morgan fingerprint density at radius 2 is 2.11 bits per heavy atom. The van der Waals surface area contributed by atoms with Gasteiger partial charge in [0.05, 0.1) is 17.8 Å². The third kappa shape index (κ3) is 2.31. The number of aldehydes is 1. The van der Waals surface area contributed by atoms with Gasteiger partial charge in [0.1, 0.15) is 0 Å². The molecule has 2 heterocycles. The predicted molar refractivity (Wildman–Crippen MR) is 78.4 cm³/mol. The van der Waals surface area contributed by atoms with Crippen LogP contribution in [0.15, 0.2) is 53.3 Å². The number of carbonyl (C=O) groups excluding carboxylic acids is 1. The van der Waals surface area contributed by atoms with Crippen molar-refractivity contribution in [2.75, 3.05) is 0 Å². The normalized spacial score (nSPS) is 10.8. The van der Waals surface area contributed by atoms with Gasteiger partial charge in [0.25, 0.3) is 0 Å². The molecule has 0 saturated heterocycles. The molecule has 0 bridgehead atoms. The molecule has 3 nitrogen and oxygen atoms in total. The van der Waals surface area contributed by atoms with E-state index < -0.39 is 0 Å². The van der Waals surface area contributed by atoms with E-state index in [9.17, 15) is 4.79 Å². The number of fused-ring (bicyclic) bond motifs is 1. The molecule has 3 rings (SSSR count). The van der Waals surface area contributed by atoms with Gasteiger partial charge < -0.3 is 4.57 Å². The third-order valence-corrected chi connectivity index (χ3v) is 3.54. The Kier molecular flexibility index (Phi) is 3.17. The Morgan fingerprint density at radius 3 is 2.84 bits per heavy atom. The average Bonchev–Trinajstić information content (AvgIpc) is 2.85. The van der Waals surface area contributed by atoms with Crippen LogP contribution in [0.25, 0.3) is 10.9 Å². The van der Waals surface area contributed by atoms with Gasteiger partial charge in [-0.2, -0.15) is 0 Å². The van der Waals surface area contributed by atoms with Crippen molar-refractivity contribution in [3.63, 3.8) is 0 Å². The first-order valence-electron chi connectivity index (χ1n) is 5.91. The number of nitrogens with zero attached hydrogens (tertiary/aromatic N) is 2. The van der Waals surface area contributed by atoms with E-state index in [1.54, 1.807) is 6.20 Å². The number of pyridine rings is 1. The highest BCUT2D eigenvalue weighted by molar-refractivity contribution is 9.10. The summed E-state index contributed by atoms with van der Waals surface area (Å²) in [5, 5.41) is 1.07. The van der Waals surface area contributed by atoms with E-state index in [0.717, 1.165) is 27.4 Å². The summed E-state index contributed by atoms with van der Waals surface area (Å²) in [4.78, 5) is 15.5. The summed E-state index contributed by atoms with van der Waals surface area (Å²) >= 11 is 3.37. The van der Waals surface area contributed by atoms with Gasteiger partial charge in [-0.25, -0.2) is 0 Å². The van der Waals surface area contributed by atoms with Crippen molar-refractivity contribution in [2.45, 2.75) is 6.54 Å². The van der Waals surface area contributed by atoms with Crippen LogP contribution in [0.4, 0.5) is 0 Å². The molecule has 0 fully saturated rings. The smallest absolute Gasteiger partial charge is 0.152 e. The highest BCUT2D eigenvalue weighted by Gasteiger charge is 2.06. The number of carbonyl (C=O) groups is 1. The molecule has 0 N–H and O–H groups in total. The molecule has 0 aliphatic heterocycles. The van der Waals surface area contributed by atoms with E-state index >= 15 is 0 Å². The summed E-state index contributed by atoms with van der Waals surface area (Å²) < 4.78 is 3.01. The van der Waals surface area contributed by atoms with Gasteiger partial charge in [0.2, 0.25) is 0 Å². The van der Waals surface area contributed by atoms with Crippen molar-refractivity contribution in [3.8, 4) is 0 Å². The highest BCUT2D eigenvalue weighted by Crippen LogP contribution is 2.20. The van der Waals surface area contributed by atoms with E-state index in [2.05, 4.69) is 25.5 Å². The molecule has 4 heteroatoms. The molecule has 0 spiro atoms. The maximum absolute atomic E-state index is 11.1. The van der Waals surface area contributed by atoms with Crippen LogP contribution < -0.4 is 0 Å². The minimum atomic E-state index is 0.654. The van der Waals surface area contributed by atoms with E-state index in [0.29, 0.717) is 12.1 Å². The van der Waals surface area contributed by atoms with Crippen LogP contribution in [-0.4, -0.2) is 15.8 Å². The standard InChI is InChI=1S/C15H11BrN2O/c16-13-4-5-14(17-8-13)9-18-7-6-11-2-1-3-12(10-19)15(11)18/h1-8,10H,9H2. The molecular formula is C15H11BrN2O. The summed E-state index contributed by atoms with van der Waals surface area (Å²) in [6.07, 6.45) is 4.66. The van der Waals surface area contributed by atoms with Crippen molar-refractivity contribution in [2.24, 2.45) is 0 Å². The monoisotopic (exact) mass is 314 g/mol. The number of hydrogen-bond acceptors (Lipinski definition) is 2. The van der Waals surface area contributed by atoms with Crippen LogP contribution in [0.2, 0.25) is 0 Å². The fourth-order valence-corrected chi connectivity index (χ4v) is 2.43. The summed E-state index contributed by atoms with van der Waals surface area (Å²) in [5.41, 5.74) is 2.63. The summed E-state index contributed by atoms with van der Waals surface area (Å²) in [5.74, 6) is 0. The maximum atomic E-state index is 11.1. The van der Waals surface area contributed by atoms with Gasteiger partial charge in [0.15, 0.2) is 6.29 Å². The summed E-state index contributed by atoms with van der Waals surface area (Å²) in [7, 11) is 0. The Bertz CT molecular complexity index is 731. The summed E-state index contributed by atoms with van der Waals surface area (Å²) in [6, 6.07) is 11.7. The average molecular weight is 315 g/mol. The topological polar surface area (TPSA) is 34.9 Å². The van der Waals surface area contributed by atoms with Gasteiger partial charge in [-0.15, -0.1) is 0 Å². The minimum Gasteiger partial charge on any atom is -0.341 e. The molecule has 0 radical (unpaired) electrons. The maximum Gasteiger partial charge on any atom is 0.152 e. The second-order valence-electron chi connectivity index (χ2n) is 4.31. The van der Waals surface area contributed by atoms with E-state index in [-0.39, 0.29) is 0 Å². The molecule has 94 valence electrons. The molecule has 0 amide bonds. The van der Waals surface area contributed by atoms with Gasteiger partial charge >= 0.3 is 0 Å². The molecule has 0 aliphatic carbocycles. The van der Waals surface area contributed by atoms with Crippen molar-refractivity contribution in [1.29, 1.82) is 0 Å². The Balaban J connectivity index is 2.05. The molecule has 0 saturated carbocycles. The molecule has 1 aromatic carbocycles. The second kappa shape index (κ2) is 4.97. The van der Waals surface area contributed by atoms with Crippen LogP contribution >= 0.6 is 15.9 Å². The number of aromatic nitrogens is 2. The third-order valence-electron chi connectivity index (χ3n) is 3.07. The van der Waals surface area contributed by atoms with E-state index in [1.165, 1.54) is 0 Å². The Labute approximate surface area is 119 Å². The van der Waals surface area contributed by atoms with Crippen LogP contribution in [0, 0.1) is 0 Å². The number of para-hydroxylation sites is 1. The SMILES string of the molecule is O=Cc1cccc2ccn(Cc3ccc(Br)cn3)c12. The first-order valence-corrected chi connectivity index (χ1v) is 6.71. The zero-order valence-electron chi connectivity index (χ0n) is 10.1. The van der Waals surface area contributed by atoms with Crippen LogP contribution in [0.1, 0.15) is 16.1 Å². The van der Waals surface area contributed by atoms with Crippen molar-refractivity contribution < 1.29 is 4.79 Å². The largest absolute Gasteiger partial charge is 0.341 e. The number of hydrogen-bond donors (Lipinski definition) is 0. The molecule has 0 unspecified atom stereocenters. The van der Waals surface area contributed by atoms with Crippen molar-refractivity contribution >= 4 is 33.1 Å². The minimum absolute atomic E-state index is 0.654. The number of rotatable bonds is 3. The fraction of sp³-hybridized carbons (Fsp3) is 0.0667. The summed E-state index contributed by atoms with van der Waals surface area (Å²) in [6.45, 7) is 0.654. The molecule has 0 aliphatic rings. The predicted octanol–water partition coefficient (Wildman–Crippen LogP) is 3.66. The number of benzene rings is 1. The van der Waals surface area contributed by atoms with Crippen LogP contribution in [0.3, 0.4) is 0 Å². The lowest BCUT2D eigenvalue weighted by Crippen LogP contribution is -2.01. The second-order valence-corrected chi connectivity index (χ2v) is 5.23. The first-order chi connectivity index (χ1) is 9.28. The molecule has 0 atom stereocenters. The lowest BCUT2D eigenvalue weighted by molar-refractivity contribution is 0.112. The molecule has 3 aromatic rings. The number of halogens is 1. The van der Waals surface area contributed by atoms with Crippen molar-refractivity contribution in [1.82, 2.24) is 9.55 Å². The van der Waals surface area contributed by atoms with Gasteiger partial charge in [-0.3, -0.25) is 9.78 Å². The van der Waals surface area contributed by atoms with Gasteiger partial charge in [-0.1, -0.05) is 12.1 Å². The van der Waals surface area contributed by atoms with Crippen molar-refractivity contribution in [3.05, 3.63) is 64.5 Å². The van der Waals surface area contributed by atoms with E-state index in [4.69, 9.17) is 0 Å². The van der Waals surface area contributed by atoms with Crippen LogP contribution in [-0.2, 0) is 6.54 Å². The Morgan fingerprint density at radius 1 is 1.21 bits per heavy atom. The van der Waals surface area contributed by atoms with Gasteiger partial charge in [-0.05, 0) is 40.2 Å². The van der Waals surface area contributed by atoms with E-state index in [1.807, 2.05) is 42.6 Å². The zero-order chi connectivity index (χ0) is 13.2. The lowest BCUT2D eigenvalue weighted by atomic mass is 10.1. The van der Waals surface area contributed by atoms with Gasteiger partial charge in [0, 0.05) is 27.8 Å². The zero-order valence-corrected chi connectivity index (χ0v) is 11.7. The molecule has 19 heavy (non-hydrogen) atoms. The Hall–Kier alpha value is -1.94. The fourth-order valence-electron chi connectivity index (χ4n) is 2.19.